The lowest BCUT2D eigenvalue weighted by Gasteiger charge is -2.26. The van der Waals surface area contributed by atoms with Crippen molar-refractivity contribution in [1.29, 1.82) is 0 Å². The molecule has 3 N–H and O–H groups in total. The number of hydrogen-bond acceptors (Lipinski definition) is 3. The van der Waals surface area contributed by atoms with Crippen molar-refractivity contribution < 1.29 is 9.63 Å². The predicted octanol–water partition coefficient (Wildman–Crippen LogP) is 2.17. The monoisotopic (exact) mass is 250 g/mol. The maximum Gasteiger partial charge on any atom is 0.245 e. The molecule has 0 radical (unpaired) electrons. The van der Waals surface area contributed by atoms with Gasteiger partial charge in [0.1, 0.15) is 6.61 Å². The van der Waals surface area contributed by atoms with Gasteiger partial charge >= 0.3 is 0 Å². The van der Waals surface area contributed by atoms with Gasteiger partial charge in [-0.1, -0.05) is 51.1 Å². The molecule has 0 aliphatic rings. The maximum atomic E-state index is 10.7. The number of carbonyl (C=O) groups is 1. The van der Waals surface area contributed by atoms with Crippen LogP contribution in [0.25, 0.3) is 0 Å². The summed E-state index contributed by atoms with van der Waals surface area (Å²) in [6, 6.07) is 10.1. The summed E-state index contributed by atoms with van der Waals surface area (Å²) in [6.07, 6.45) is 0.899. The van der Waals surface area contributed by atoms with E-state index in [1.807, 2.05) is 30.3 Å². The van der Waals surface area contributed by atoms with Crippen LogP contribution >= 0.6 is 0 Å². The Kier molecular flexibility index (Phi) is 5.31. The van der Waals surface area contributed by atoms with Crippen molar-refractivity contribution in [3.63, 3.8) is 0 Å². The van der Waals surface area contributed by atoms with E-state index in [1.165, 1.54) is 0 Å². The van der Waals surface area contributed by atoms with Crippen LogP contribution in [0, 0.1) is 5.41 Å². The number of hydrogen-bond donors (Lipinski definition) is 2. The summed E-state index contributed by atoms with van der Waals surface area (Å²) >= 11 is 0. The van der Waals surface area contributed by atoms with Gasteiger partial charge in [0.25, 0.3) is 0 Å². The van der Waals surface area contributed by atoms with Gasteiger partial charge in [0, 0.05) is 0 Å². The van der Waals surface area contributed by atoms with E-state index in [0.717, 1.165) is 12.0 Å². The van der Waals surface area contributed by atoms with Gasteiger partial charge in [0.2, 0.25) is 5.91 Å². The number of amides is 1. The summed E-state index contributed by atoms with van der Waals surface area (Å²) in [4.78, 5) is 15.8. The van der Waals surface area contributed by atoms with E-state index in [1.54, 1.807) is 0 Å². The molecule has 100 valence electrons. The minimum atomic E-state index is -0.481. The zero-order chi connectivity index (χ0) is 13.6. The van der Waals surface area contributed by atoms with E-state index in [-0.39, 0.29) is 18.1 Å². The van der Waals surface area contributed by atoms with Gasteiger partial charge in [0.15, 0.2) is 0 Å². The molecule has 0 aromatic heterocycles. The average Bonchev–Trinajstić information content (AvgIpc) is 2.27. The fraction of sp³-hybridized carbons (Fsp3) is 0.500. The SMILES string of the molecule is CC(C)(C)CC(NOCC(N)=O)c1ccccc1. The third kappa shape index (κ3) is 5.80. The molecule has 0 saturated heterocycles. The fourth-order valence-corrected chi connectivity index (χ4v) is 1.74. The van der Waals surface area contributed by atoms with E-state index in [2.05, 4.69) is 26.3 Å². The molecule has 18 heavy (non-hydrogen) atoms. The Labute approximate surface area is 108 Å². The topological polar surface area (TPSA) is 64.3 Å². The highest BCUT2D eigenvalue weighted by atomic mass is 16.6. The van der Waals surface area contributed by atoms with Crippen molar-refractivity contribution in [2.75, 3.05) is 6.61 Å². The first-order chi connectivity index (χ1) is 8.38. The van der Waals surface area contributed by atoms with E-state index >= 15 is 0 Å². The Balaban J connectivity index is 2.67. The number of nitrogens with one attached hydrogen (secondary N) is 1. The lowest BCUT2D eigenvalue weighted by Crippen LogP contribution is -2.30. The molecular formula is C14H22N2O2. The number of carbonyl (C=O) groups excluding carboxylic acids is 1. The van der Waals surface area contributed by atoms with Crippen LogP contribution in [0.3, 0.4) is 0 Å². The van der Waals surface area contributed by atoms with Crippen molar-refractivity contribution in [3.8, 4) is 0 Å². The Morgan fingerprint density at radius 2 is 1.94 bits per heavy atom. The summed E-state index contributed by atoms with van der Waals surface area (Å²) < 4.78 is 0. The van der Waals surface area contributed by atoms with Gasteiger partial charge in [-0.25, -0.2) is 0 Å². The van der Waals surface area contributed by atoms with Crippen molar-refractivity contribution in [1.82, 2.24) is 5.48 Å². The van der Waals surface area contributed by atoms with Crippen molar-refractivity contribution in [2.45, 2.75) is 33.2 Å². The standard InChI is InChI=1S/C14H22N2O2/c1-14(2,3)9-12(16-18-10-13(15)17)11-7-5-4-6-8-11/h4-8,12,16H,9-10H2,1-3H3,(H2,15,17). The van der Waals surface area contributed by atoms with Gasteiger partial charge in [0.05, 0.1) is 6.04 Å². The molecule has 1 rings (SSSR count). The maximum absolute atomic E-state index is 10.7. The molecule has 1 atom stereocenters. The van der Waals surface area contributed by atoms with Crippen LogP contribution in [-0.2, 0) is 9.63 Å². The number of rotatable bonds is 6. The third-order valence-electron chi connectivity index (χ3n) is 2.46. The molecule has 0 aliphatic carbocycles. The van der Waals surface area contributed by atoms with Crippen molar-refractivity contribution in [3.05, 3.63) is 35.9 Å². The first-order valence-corrected chi connectivity index (χ1v) is 6.09. The lowest BCUT2D eigenvalue weighted by atomic mass is 9.86. The quantitative estimate of drug-likeness (QED) is 0.760. The van der Waals surface area contributed by atoms with Crippen LogP contribution in [0.2, 0.25) is 0 Å². The smallest absolute Gasteiger partial charge is 0.245 e. The van der Waals surface area contributed by atoms with Gasteiger partial charge in [-0.05, 0) is 17.4 Å². The highest BCUT2D eigenvalue weighted by molar-refractivity contribution is 5.74. The van der Waals surface area contributed by atoms with Crippen LogP contribution < -0.4 is 11.2 Å². The normalized spacial score (nSPS) is 13.3. The minimum absolute atomic E-state index is 0.0468. The average molecular weight is 250 g/mol. The molecule has 1 unspecified atom stereocenters. The fourth-order valence-electron chi connectivity index (χ4n) is 1.74. The molecule has 0 heterocycles. The molecule has 0 spiro atoms. The Bertz CT molecular complexity index is 371. The highest BCUT2D eigenvalue weighted by Gasteiger charge is 2.20. The first-order valence-electron chi connectivity index (χ1n) is 6.09. The molecule has 1 amide bonds. The lowest BCUT2D eigenvalue weighted by molar-refractivity contribution is -0.126. The Morgan fingerprint density at radius 3 is 2.44 bits per heavy atom. The second kappa shape index (κ2) is 6.52. The van der Waals surface area contributed by atoms with Crippen LogP contribution in [0.1, 0.15) is 38.8 Å². The van der Waals surface area contributed by atoms with Gasteiger partial charge in [-0.2, -0.15) is 5.48 Å². The summed E-state index contributed by atoms with van der Waals surface area (Å²) in [6.45, 7) is 6.38. The number of primary amides is 1. The molecule has 4 heteroatoms. The number of hydroxylamine groups is 1. The molecule has 1 aromatic carbocycles. The van der Waals surface area contributed by atoms with Crippen molar-refractivity contribution in [2.24, 2.45) is 11.1 Å². The number of benzene rings is 1. The molecule has 0 fully saturated rings. The molecule has 0 aliphatic heterocycles. The molecule has 4 nitrogen and oxygen atoms in total. The number of nitrogens with two attached hydrogens (primary N) is 1. The van der Waals surface area contributed by atoms with E-state index in [0.29, 0.717) is 0 Å². The molecular weight excluding hydrogens is 228 g/mol. The zero-order valence-corrected chi connectivity index (χ0v) is 11.3. The van der Waals surface area contributed by atoms with Crippen molar-refractivity contribution >= 4 is 5.91 Å². The van der Waals surface area contributed by atoms with Gasteiger partial charge in [-0.15, -0.1) is 0 Å². The summed E-state index contributed by atoms with van der Waals surface area (Å²) in [5, 5.41) is 0. The van der Waals surface area contributed by atoms with Crippen LogP contribution in [0.5, 0.6) is 0 Å². The van der Waals surface area contributed by atoms with Gasteiger partial charge in [-0.3, -0.25) is 9.63 Å². The third-order valence-corrected chi connectivity index (χ3v) is 2.46. The predicted molar refractivity (Wildman–Crippen MR) is 71.5 cm³/mol. The first kappa shape index (κ1) is 14.7. The summed E-state index contributed by atoms with van der Waals surface area (Å²) in [5.41, 5.74) is 9.26. The van der Waals surface area contributed by atoms with E-state index in [9.17, 15) is 4.79 Å². The molecule has 0 bridgehead atoms. The molecule has 1 aromatic rings. The Hall–Kier alpha value is -1.39. The second-order valence-electron chi connectivity index (χ2n) is 5.60. The minimum Gasteiger partial charge on any atom is -0.368 e. The van der Waals surface area contributed by atoms with Crippen LogP contribution in [0.4, 0.5) is 0 Å². The largest absolute Gasteiger partial charge is 0.368 e. The zero-order valence-electron chi connectivity index (χ0n) is 11.3. The second-order valence-corrected chi connectivity index (χ2v) is 5.60. The molecule has 0 saturated carbocycles. The van der Waals surface area contributed by atoms with E-state index in [4.69, 9.17) is 10.6 Å². The summed E-state index contributed by atoms with van der Waals surface area (Å²) in [7, 11) is 0. The van der Waals surface area contributed by atoms with Gasteiger partial charge < -0.3 is 5.73 Å². The highest BCUT2D eigenvalue weighted by Crippen LogP contribution is 2.29. The van der Waals surface area contributed by atoms with E-state index < -0.39 is 5.91 Å². The van der Waals surface area contributed by atoms with Crippen LogP contribution in [0.15, 0.2) is 30.3 Å². The summed E-state index contributed by atoms with van der Waals surface area (Å²) in [5.74, 6) is -0.481. The van der Waals surface area contributed by atoms with Crippen LogP contribution in [-0.4, -0.2) is 12.5 Å². The Morgan fingerprint density at radius 1 is 1.33 bits per heavy atom.